The number of carbonyl (C=O) groups excluding carboxylic acids is 1. The molecule has 0 saturated carbocycles. The molecule has 0 unspecified atom stereocenters. The Kier molecular flexibility index (Phi) is 5.95. The smallest absolute Gasteiger partial charge is 0.260 e. The summed E-state index contributed by atoms with van der Waals surface area (Å²) in [6.07, 6.45) is 1.61. The van der Waals surface area contributed by atoms with Crippen molar-refractivity contribution in [2.75, 3.05) is 32.9 Å². The minimum absolute atomic E-state index is 0.0145. The van der Waals surface area contributed by atoms with Crippen molar-refractivity contribution in [2.45, 2.75) is 18.9 Å². The Morgan fingerprint density at radius 1 is 1.38 bits per heavy atom. The van der Waals surface area contributed by atoms with Gasteiger partial charge in [0, 0.05) is 19.2 Å². The van der Waals surface area contributed by atoms with Gasteiger partial charge in [-0.1, -0.05) is 6.07 Å². The minimum Gasteiger partial charge on any atom is -0.484 e. The van der Waals surface area contributed by atoms with Crippen LogP contribution < -0.4 is 4.74 Å². The summed E-state index contributed by atoms with van der Waals surface area (Å²) >= 11 is 0. The molecule has 1 fully saturated rings. The van der Waals surface area contributed by atoms with E-state index in [0.717, 1.165) is 12.8 Å². The Labute approximate surface area is 123 Å². The number of halogens is 1. The number of benzene rings is 1. The molecule has 116 valence electrons. The molecule has 5 nitrogen and oxygen atoms in total. The Morgan fingerprint density at radius 2 is 2.14 bits per heavy atom. The van der Waals surface area contributed by atoms with E-state index >= 15 is 0 Å². The van der Waals surface area contributed by atoms with Crippen LogP contribution in [0.15, 0.2) is 24.3 Å². The van der Waals surface area contributed by atoms with Crippen LogP contribution in [0.3, 0.4) is 0 Å². The number of rotatable bonds is 6. The third kappa shape index (κ3) is 4.99. The van der Waals surface area contributed by atoms with E-state index < -0.39 is 0 Å². The van der Waals surface area contributed by atoms with Crippen LogP contribution in [0.4, 0.5) is 4.39 Å². The molecule has 1 heterocycles. The molecule has 1 saturated heterocycles. The van der Waals surface area contributed by atoms with E-state index in [-0.39, 0.29) is 31.0 Å². The number of ether oxygens (including phenoxy) is 2. The van der Waals surface area contributed by atoms with Gasteiger partial charge >= 0.3 is 0 Å². The van der Waals surface area contributed by atoms with E-state index in [0.29, 0.717) is 25.4 Å². The molecule has 0 radical (unpaired) electrons. The predicted octanol–water partition coefficient (Wildman–Crippen LogP) is 1.20. The number of nitrogens with zero attached hydrogens (tertiary/aromatic N) is 1. The molecular formula is C15H20FNO4. The van der Waals surface area contributed by atoms with Gasteiger partial charge in [0.2, 0.25) is 0 Å². The second kappa shape index (κ2) is 7.95. The highest BCUT2D eigenvalue weighted by Gasteiger charge is 2.23. The number of hydrogen-bond acceptors (Lipinski definition) is 4. The van der Waals surface area contributed by atoms with Gasteiger partial charge in [-0.15, -0.1) is 0 Å². The normalized spacial score (nSPS) is 16.0. The highest BCUT2D eigenvalue weighted by molar-refractivity contribution is 5.77. The average molecular weight is 297 g/mol. The van der Waals surface area contributed by atoms with Gasteiger partial charge in [0.1, 0.15) is 11.6 Å². The predicted molar refractivity (Wildman–Crippen MR) is 74.5 cm³/mol. The standard InChI is InChI=1S/C15H20FNO4/c16-12-2-1-3-14(10-12)21-11-15(19)17-6-4-13(5-7-17)20-9-8-18/h1-3,10,13,18H,4-9,11H2. The fraction of sp³-hybridized carbons (Fsp3) is 0.533. The first-order chi connectivity index (χ1) is 10.2. The fourth-order valence-corrected chi connectivity index (χ4v) is 2.28. The lowest BCUT2D eigenvalue weighted by atomic mass is 10.1. The summed E-state index contributed by atoms with van der Waals surface area (Å²) in [6, 6.07) is 5.73. The first-order valence-corrected chi connectivity index (χ1v) is 7.07. The zero-order valence-corrected chi connectivity index (χ0v) is 11.8. The lowest BCUT2D eigenvalue weighted by molar-refractivity contribution is -0.136. The topological polar surface area (TPSA) is 59.0 Å². The van der Waals surface area contributed by atoms with Crippen LogP contribution in [0.1, 0.15) is 12.8 Å². The van der Waals surface area contributed by atoms with Gasteiger partial charge in [-0.2, -0.15) is 0 Å². The van der Waals surface area contributed by atoms with Crippen molar-refractivity contribution >= 4 is 5.91 Å². The number of likely N-dealkylation sites (tertiary alicyclic amines) is 1. The van der Waals surface area contributed by atoms with E-state index in [1.54, 1.807) is 17.0 Å². The molecular weight excluding hydrogens is 277 g/mol. The maximum absolute atomic E-state index is 13.0. The zero-order valence-electron chi connectivity index (χ0n) is 11.8. The molecule has 1 aromatic rings. The molecule has 2 rings (SSSR count). The molecule has 0 aromatic heterocycles. The molecule has 0 spiro atoms. The lowest BCUT2D eigenvalue weighted by Crippen LogP contribution is -2.43. The Balaban J connectivity index is 1.72. The molecule has 1 aliphatic heterocycles. The van der Waals surface area contributed by atoms with Crippen molar-refractivity contribution < 1.29 is 23.8 Å². The number of hydrogen-bond donors (Lipinski definition) is 1. The molecule has 1 N–H and O–H groups in total. The molecule has 6 heteroatoms. The van der Waals surface area contributed by atoms with Crippen LogP contribution in [0, 0.1) is 5.82 Å². The Bertz CT molecular complexity index is 461. The minimum atomic E-state index is -0.387. The number of aliphatic hydroxyl groups is 1. The molecule has 1 aliphatic rings. The van der Waals surface area contributed by atoms with E-state index in [4.69, 9.17) is 14.6 Å². The molecule has 0 aliphatic carbocycles. The number of amides is 1. The van der Waals surface area contributed by atoms with E-state index in [1.807, 2.05) is 0 Å². The van der Waals surface area contributed by atoms with Gasteiger partial charge in [0.15, 0.2) is 6.61 Å². The quantitative estimate of drug-likeness (QED) is 0.857. The second-order valence-electron chi connectivity index (χ2n) is 4.92. The Morgan fingerprint density at radius 3 is 2.81 bits per heavy atom. The summed E-state index contributed by atoms with van der Waals surface area (Å²) in [6.45, 7) is 1.48. The molecule has 1 aromatic carbocycles. The van der Waals surface area contributed by atoms with E-state index in [9.17, 15) is 9.18 Å². The van der Waals surface area contributed by atoms with Crippen molar-refractivity contribution in [1.29, 1.82) is 0 Å². The van der Waals surface area contributed by atoms with Crippen molar-refractivity contribution in [1.82, 2.24) is 4.90 Å². The molecule has 21 heavy (non-hydrogen) atoms. The van der Waals surface area contributed by atoms with Crippen LogP contribution >= 0.6 is 0 Å². The zero-order chi connectivity index (χ0) is 15.1. The largest absolute Gasteiger partial charge is 0.484 e. The third-order valence-electron chi connectivity index (χ3n) is 3.40. The summed E-state index contributed by atoms with van der Waals surface area (Å²) in [7, 11) is 0. The lowest BCUT2D eigenvalue weighted by Gasteiger charge is -2.31. The van der Waals surface area contributed by atoms with Gasteiger partial charge in [-0.3, -0.25) is 4.79 Å². The first kappa shape index (κ1) is 15.7. The monoisotopic (exact) mass is 297 g/mol. The van der Waals surface area contributed by atoms with Crippen molar-refractivity contribution in [3.05, 3.63) is 30.1 Å². The molecule has 1 amide bonds. The van der Waals surface area contributed by atoms with Crippen molar-refractivity contribution in [3.8, 4) is 5.75 Å². The summed E-state index contributed by atoms with van der Waals surface area (Å²) in [4.78, 5) is 13.7. The first-order valence-electron chi connectivity index (χ1n) is 7.07. The SMILES string of the molecule is O=C(COc1cccc(F)c1)N1CCC(OCCO)CC1. The van der Waals surface area contributed by atoms with Crippen molar-refractivity contribution in [3.63, 3.8) is 0 Å². The van der Waals surface area contributed by atoms with Crippen molar-refractivity contribution in [2.24, 2.45) is 0 Å². The number of piperidine rings is 1. The summed E-state index contributed by atoms with van der Waals surface area (Å²) in [5.74, 6) is -0.147. The van der Waals surface area contributed by atoms with Gasteiger partial charge < -0.3 is 19.5 Å². The second-order valence-corrected chi connectivity index (χ2v) is 4.92. The maximum Gasteiger partial charge on any atom is 0.260 e. The highest BCUT2D eigenvalue weighted by atomic mass is 19.1. The van der Waals surface area contributed by atoms with Gasteiger partial charge in [0.05, 0.1) is 19.3 Å². The summed E-state index contributed by atoms with van der Waals surface area (Å²) in [5, 5.41) is 8.70. The van der Waals surface area contributed by atoms with Crippen LogP contribution in [-0.4, -0.2) is 54.9 Å². The molecule has 0 bridgehead atoms. The number of aliphatic hydroxyl groups excluding tert-OH is 1. The molecule has 0 atom stereocenters. The van der Waals surface area contributed by atoms with E-state index in [2.05, 4.69) is 0 Å². The maximum atomic E-state index is 13.0. The Hall–Kier alpha value is -1.66. The fourth-order valence-electron chi connectivity index (χ4n) is 2.28. The third-order valence-corrected chi connectivity index (χ3v) is 3.40. The average Bonchev–Trinajstić information content (AvgIpc) is 2.51. The van der Waals surface area contributed by atoms with Gasteiger partial charge in [0.25, 0.3) is 5.91 Å². The van der Waals surface area contributed by atoms with Crippen LogP contribution in [-0.2, 0) is 9.53 Å². The number of carbonyl (C=O) groups is 1. The van der Waals surface area contributed by atoms with Gasteiger partial charge in [-0.05, 0) is 25.0 Å². The van der Waals surface area contributed by atoms with E-state index in [1.165, 1.54) is 12.1 Å². The summed E-state index contributed by atoms with van der Waals surface area (Å²) in [5.41, 5.74) is 0. The van der Waals surface area contributed by atoms with Crippen LogP contribution in [0.2, 0.25) is 0 Å². The van der Waals surface area contributed by atoms with Crippen LogP contribution in [0.25, 0.3) is 0 Å². The van der Waals surface area contributed by atoms with Crippen LogP contribution in [0.5, 0.6) is 5.75 Å². The summed E-state index contributed by atoms with van der Waals surface area (Å²) < 4.78 is 23.7. The highest BCUT2D eigenvalue weighted by Crippen LogP contribution is 2.15. The van der Waals surface area contributed by atoms with Gasteiger partial charge in [-0.25, -0.2) is 4.39 Å².